The molecule has 2 atom stereocenters. The maximum absolute atomic E-state index is 12.4. The molecule has 132 valence electrons. The third kappa shape index (κ3) is 4.98. The maximum atomic E-state index is 12.4. The molecule has 5 nitrogen and oxygen atoms in total. The summed E-state index contributed by atoms with van der Waals surface area (Å²) in [6.45, 7) is 4.98. The van der Waals surface area contributed by atoms with Gasteiger partial charge in [0.15, 0.2) is 0 Å². The lowest BCUT2D eigenvalue weighted by molar-refractivity contribution is -0.125. The summed E-state index contributed by atoms with van der Waals surface area (Å²) in [5.74, 6) is 1.09. The van der Waals surface area contributed by atoms with E-state index in [0.29, 0.717) is 18.0 Å². The predicted octanol–water partition coefficient (Wildman–Crippen LogP) is 2.76. The topological polar surface area (TPSA) is 67.4 Å². The molecule has 1 aromatic rings. The normalized spacial score (nSPS) is 20.0. The Labute approximate surface area is 144 Å². The van der Waals surface area contributed by atoms with E-state index in [1.165, 1.54) is 0 Å². The fraction of sp³-hybridized carbons (Fsp3) is 0.579. The number of hydrogen-bond donors (Lipinski definition) is 2. The van der Waals surface area contributed by atoms with Crippen LogP contribution in [0.2, 0.25) is 0 Å². The van der Waals surface area contributed by atoms with E-state index in [1.807, 2.05) is 0 Å². The highest BCUT2D eigenvalue weighted by Crippen LogP contribution is 2.26. The Bertz CT molecular complexity index is 554. The molecule has 2 N–H and O–H groups in total. The fourth-order valence-electron chi connectivity index (χ4n) is 3.06. The Morgan fingerprint density at radius 3 is 2.54 bits per heavy atom. The molecule has 5 heteroatoms. The molecule has 0 heterocycles. The summed E-state index contributed by atoms with van der Waals surface area (Å²) >= 11 is 0. The van der Waals surface area contributed by atoms with Crippen LogP contribution in [-0.4, -0.2) is 31.5 Å². The number of carbonyl (C=O) groups is 2. The van der Waals surface area contributed by atoms with E-state index in [4.69, 9.17) is 4.74 Å². The van der Waals surface area contributed by atoms with Crippen LogP contribution in [0.1, 0.15) is 49.9 Å². The van der Waals surface area contributed by atoms with Gasteiger partial charge in [0.05, 0.1) is 13.0 Å². The van der Waals surface area contributed by atoms with E-state index in [2.05, 4.69) is 24.5 Å². The van der Waals surface area contributed by atoms with Gasteiger partial charge in [0, 0.05) is 18.2 Å². The number of rotatable bonds is 7. The van der Waals surface area contributed by atoms with Crippen molar-refractivity contribution in [1.82, 2.24) is 10.6 Å². The summed E-state index contributed by atoms with van der Waals surface area (Å²) in [4.78, 5) is 24.7. The molecule has 1 aromatic carbocycles. The molecule has 2 rings (SSSR count). The Balaban J connectivity index is 1.89. The Kier molecular flexibility index (Phi) is 6.64. The van der Waals surface area contributed by atoms with E-state index in [9.17, 15) is 9.59 Å². The van der Waals surface area contributed by atoms with Gasteiger partial charge in [-0.15, -0.1) is 0 Å². The minimum absolute atomic E-state index is 0.0631. The highest BCUT2D eigenvalue weighted by Gasteiger charge is 2.33. The highest BCUT2D eigenvalue weighted by molar-refractivity contribution is 5.95. The van der Waals surface area contributed by atoms with E-state index in [1.54, 1.807) is 31.4 Å². The van der Waals surface area contributed by atoms with Gasteiger partial charge in [-0.3, -0.25) is 9.59 Å². The second-order valence-corrected chi connectivity index (χ2v) is 6.82. The number of ether oxygens (including phenoxy) is 1. The summed E-state index contributed by atoms with van der Waals surface area (Å²) in [5.41, 5.74) is 0.585. The van der Waals surface area contributed by atoms with E-state index < -0.39 is 0 Å². The first-order chi connectivity index (χ1) is 11.5. The molecule has 1 aliphatic carbocycles. The van der Waals surface area contributed by atoms with Crippen LogP contribution in [0, 0.1) is 11.8 Å². The smallest absolute Gasteiger partial charge is 0.251 e. The molecule has 0 bridgehead atoms. The van der Waals surface area contributed by atoms with Crippen molar-refractivity contribution in [1.29, 1.82) is 0 Å². The largest absolute Gasteiger partial charge is 0.497 e. The van der Waals surface area contributed by atoms with Gasteiger partial charge in [-0.1, -0.05) is 20.3 Å². The van der Waals surface area contributed by atoms with Crippen LogP contribution >= 0.6 is 0 Å². The molecular formula is C19H28N2O3. The van der Waals surface area contributed by atoms with Crippen molar-refractivity contribution in [3.8, 4) is 5.75 Å². The number of benzene rings is 1. The van der Waals surface area contributed by atoms with Gasteiger partial charge in [-0.25, -0.2) is 0 Å². The van der Waals surface area contributed by atoms with Gasteiger partial charge in [0.2, 0.25) is 5.91 Å². The summed E-state index contributed by atoms with van der Waals surface area (Å²) in [6, 6.07) is 6.92. The summed E-state index contributed by atoms with van der Waals surface area (Å²) in [6.07, 6.45) is 3.63. The molecule has 0 saturated heterocycles. The molecule has 1 fully saturated rings. The van der Waals surface area contributed by atoms with E-state index in [-0.39, 0.29) is 23.8 Å². The summed E-state index contributed by atoms with van der Waals surface area (Å²) < 4.78 is 5.10. The molecule has 0 spiro atoms. The summed E-state index contributed by atoms with van der Waals surface area (Å²) in [5, 5.41) is 6.03. The number of amides is 2. The minimum atomic E-state index is -0.135. The molecule has 1 aliphatic rings. The van der Waals surface area contributed by atoms with Crippen LogP contribution in [0.3, 0.4) is 0 Å². The van der Waals surface area contributed by atoms with Crippen molar-refractivity contribution in [2.75, 3.05) is 13.7 Å². The second-order valence-electron chi connectivity index (χ2n) is 6.82. The number of methoxy groups -OCH3 is 1. The molecule has 24 heavy (non-hydrogen) atoms. The lowest BCUT2D eigenvalue weighted by Crippen LogP contribution is -2.44. The number of hydrogen-bond acceptors (Lipinski definition) is 3. The molecular weight excluding hydrogens is 304 g/mol. The SMILES string of the molecule is COc1ccc(C(=O)N[C@@H]2CCC[C@@H]2C(=O)NCCC(C)C)cc1. The molecule has 0 radical (unpaired) electrons. The lowest BCUT2D eigenvalue weighted by Gasteiger charge is -2.21. The zero-order valence-electron chi connectivity index (χ0n) is 14.8. The van der Waals surface area contributed by atoms with Gasteiger partial charge >= 0.3 is 0 Å². The van der Waals surface area contributed by atoms with Crippen LogP contribution in [-0.2, 0) is 4.79 Å². The quantitative estimate of drug-likeness (QED) is 0.807. The second kappa shape index (κ2) is 8.71. The van der Waals surface area contributed by atoms with E-state index >= 15 is 0 Å². The van der Waals surface area contributed by atoms with Crippen LogP contribution in [0.25, 0.3) is 0 Å². The van der Waals surface area contributed by atoms with Gasteiger partial charge in [0.1, 0.15) is 5.75 Å². The predicted molar refractivity (Wildman–Crippen MR) is 94.1 cm³/mol. The standard InChI is InChI=1S/C19H28N2O3/c1-13(2)11-12-20-19(23)16-5-4-6-17(16)21-18(22)14-7-9-15(24-3)10-8-14/h7-10,13,16-17H,4-6,11-12H2,1-3H3,(H,20,23)(H,21,22)/t16-,17+/m0/s1. The average molecular weight is 332 g/mol. The number of carbonyl (C=O) groups excluding carboxylic acids is 2. The Morgan fingerprint density at radius 2 is 1.92 bits per heavy atom. The molecule has 0 aromatic heterocycles. The first-order valence-electron chi connectivity index (χ1n) is 8.74. The molecule has 0 aliphatic heterocycles. The maximum Gasteiger partial charge on any atom is 0.251 e. The van der Waals surface area contributed by atoms with Crippen LogP contribution in [0.5, 0.6) is 5.75 Å². The van der Waals surface area contributed by atoms with Gasteiger partial charge < -0.3 is 15.4 Å². The van der Waals surface area contributed by atoms with Crippen LogP contribution in [0.4, 0.5) is 0 Å². The van der Waals surface area contributed by atoms with Crippen molar-refractivity contribution < 1.29 is 14.3 Å². The molecule has 0 unspecified atom stereocenters. The van der Waals surface area contributed by atoms with Crippen LogP contribution < -0.4 is 15.4 Å². The van der Waals surface area contributed by atoms with Crippen molar-refractivity contribution in [3.05, 3.63) is 29.8 Å². The van der Waals surface area contributed by atoms with Crippen molar-refractivity contribution in [3.63, 3.8) is 0 Å². The highest BCUT2D eigenvalue weighted by atomic mass is 16.5. The first-order valence-corrected chi connectivity index (χ1v) is 8.74. The van der Waals surface area contributed by atoms with E-state index in [0.717, 1.165) is 31.4 Å². The van der Waals surface area contributed by atoms with Crippen LogP contribution in [0.15, 0.2) is 24.3 Å². The minimum Gasteiger partial charge on any atom is -0.497 e. The average Bonchev–Trinajstić information content (AvgIpc) is 3.02. The Morgan fingerprint density at radius 1 is 1.21 bits per heavy atom. The fourth-order valence-corrected chi connectivity index (χ4v) is 3.06. The zero-order valence-corrected chi connectivity index (χ0v) is 14.8. The van der Waals surface area contributed by atoms with Crippen molar-refractivity contribution in [2.24, 2.45) is 11.8 Å². The monoisotopic (exact) mass is 332 g/mol. The first kappa shape index (κ1) is 18.3. The lowest BCUT2D eigenvalue weighted by atomic mass is 10.0. The summed E-state index contributed by atoms with van der Waals surface area (Å²) in [7, 11) is 1.59. The zero-order chi connectivity index (χ0) is 17.5. The van der Waals surface area contributed by atoms with Crippen molar-refractivity contribution in [2.45, 2.75) is 45.6 Å². The van der Waals surface area contributed by atoms with Gasteiger partial charge in [-0.2, -0.15) is 0 Å². The van der Waals surface area contributed by atoms with Crippen molar-refractivity contribution >= 4 is 11.8 Å². The van der Waals surface area contributed by atoms with Gasteiger partial charge in [0.25, 0.3) is 5.91 Å². The van der Waals surface area contributed by atoms with Gasteiger partial charge in [-0.05, 0) is 49.4 Å². The number of nitrogens with one attached hydrogen (secondary N) is 2. The molecule has 1 saturated carbocycles. The Hall–Kier alpha value is -2.04. The molecule has 2 amide bonds. The third-order valence-electron chi connectivity index (χ3n) is 4.54. The third-order valence-corrected chi connectivity index (χ3v) is 4.54.